The van der Waals surface area contributed by atoms with Crippen LogP contribution in [0.2, 0.25) is 0 Å². The number of fused-ring (bicyclic) bond motifs is 2. The average molecular weight is 364 g/mol. The van der Waals surface area contributed by atoms with E-state index >= 15 is 0 Å². The van der Waals surface area contributed by atoms with E-state index in [1.807, 2.05) is 48.8 Å². The Bertz CT molecular complexity index is 1100. The van der Waals surface area contributed by atoms with Crippen LogP contribution in [-0.4, -0.2) is 27.4 Å². The number of furan rings is 1. The molecule has 0 radical (unpaired) electrons. The van der Waals surface area contributed by atoms with E-state index in [1.165, 1.54) is 0 Å². The molecule has 0 aliphatic rings. The Kier molecular flexibility index (Phi) is 4.27. The molecule has 7 nitrogen and oxygen atoms in total. The normalized spacial score (nSPS) is 12.4. The van der Waals surface area contributed by atoms with Crippen molar-refractivity contribution in [1.29, 1.82) is 0 Å². The fourth-order valence-corrected chi connectivity index (χ4v) is 3.17. The Morgan fingerprint density at radius 1 is 1.41 bits per heavy atom. The summed E-state index contributed by atoms with van der Waals surface area (Å²) < 4.78 is 12.9. The first-order valence-corrected chi connectivity index (χ1v) is 8.78. The Morgan fingerprint density at radius 3 is 3.00 bits per heavy atom. The van der Waals surface area contributed by atoms with Crippen molar-refractivity contribution in [2.45, 2.75) is 26.3 Å². The number of benzene rings is 1. The predicted octanol–water partition coefficient (Wildman–Crippen LogP) is 3.67. The lowest BCUT2D eigenvalue weighted by molar-refractivity contribution is 0.0908. The summed E-state index contributed by atoms with van der Waals surface area (Å²) in [6, 6.07) is 7.13. The van der Waals surface area contributed by atoms with Gasteiger partial charge >= 0.3 is 0 Å². The number of hydrogen-bond donors (Lipinski definition) is 1. The van der Waals surface area contributed by atoms with E-state index in [9.17, 15) is 4.79 Å². The molecule has 4 rings (SSSR count). The van der Waals surface area contributed by atoms with Crippen LogP contribution in [0.4, 0.5) is 0 Å². The SMILES string of the molecule is CCC(NC(=O)c1oc2cc(OC)ccc2c1C)c1cn2cccnc2n1. The van der Waals surface area contributed by atoms with Crippen molar-refractivity contribution >= 4 is 22.7 Å². The molecule has 1 N–H and O–H groups in total. The number of aryl methyl sites for hydroxylation is 1. The molecule has 7 heteroatoms. The first-order valence-electron chi connectivity index (χ1n) is 8.78. The van der Waals surface area contributed by atoms with Gasteiger partial charge in [0.05, 0.1) is 18.8 Å². The predicted molar refractivity (Wildman–Crippen MR) is 101 cm³/mol. The topological polar surface area (TPSA) is 81.7 Å². The van der Waals surface area contributed by atoms with Gasteiger partial charge in [0.1, 0.15) is 11.3 Å². The van der Waals surface area contributed by atoms with Gasteiger partial charge in [-0.1, -0.05) is 6.92 Å². The van der Waals surface area contributed by atoms with Crippen molar-refractivity contribution in [3.05, 3.63) is 59.9 Å². The Hall–Kier alpha value is -3.35. The molecule has 0 saturated heterocycles. The fourth-order valence-electron chi connectivity index (χ4n) is 3.17. The number of hydrogen-bond acceptors (Lipinski definition) is 5. The van der Waals surface area contributed by atoms with Crippen LogP contribution >= 0.6 is 0 Å². The monoisotopic (exact) mass is 364 g/mol. The zero-order chi connectivity index (χ0) is 19.0. The molecular formula is C20H20N4O3. The summed E-state index contributed by atoms with van der Waals surface area (Å²) in [4.78, 5) is 21.6. The van der Waals surface area contributed by atoms with Crippen molar-refractivity contribution in [3.8, 4) is 5.75 Å². The minimum absolute atomic E-state index is 0.235. The van der Waals surface area contributed by atoms with Crippen LogP contribution in [0, 0.1) is 6.92 Å². The Balaban J connectivity index is 1.63. The zero-order valence-electron chi connectivity index (χ0n) is 15.4. The van der Waals surface area contributed by atoms with Gasteiger partial charge in [-0.25, -0.2) is 9.97 Å². The van der Waals surface area contributed by atoms with Gasteiger partial charge in [0, 0.05) is 35.6 Å². The number of methoxy groups -OCH3 is 1. The summed E-state index contributed by atoms with van der Waals surface area (Å²) in [5, 5.41) is 3.92. The van der Waals surface area contributed by atoms with Crippen molar-refractivity contribution in [1.82, 2.24) is 19.7 Å². The number of nitrogens with one attached hydrogen (secondary N) is 1. The average Bonchev–Trinajstić information content (AvgIpc) is 3.26. The lowest BCUT2D eigenvalue weighted by Crippen LogP contribution is -2.28. The van der Waals surface area contributed by atoms with Crippen LogP contribution in [0.15, 0.2) is 47.3 Å². The maximum atomic E-state index is 12.9. The molecule has 0 spiro atoms. The molecule has 1 unspecified atom stereocenters. The second-order valence-electron chi connectivity index (χ2n) is 6.35. The third-order valence-electron chi connectivity index (χ3n) is 4.68. The van der Waals surface area contributed by atoms with Gasteiger partial charge < -0.3 is 14.5 Å². The third-order valence-corrected chi connectivity index (χ3v) is 4.68. The van der Waals surface area contributed by atoms with Gasteiger partial charge in [0.2, 0.25) is 5.78 Å². The summed E-state index contributed by atoms with van der Waals surface area (Å²) in [6.45, 7) is 3.88. The standard InChI is InChI=1S/C20H20N4O3/c1-4-15(16-11-24-9-5-8-21-20(24)23-16)22-19(25)18-12(2)14-7-6-13(26-3)10-17(14)27-18/h5-11,15H,4H2,1-3H3,(H,22,25). The Labute approximate surface area is 156 Å². The van der Waals surface area contributed by atoms with Crippen LogP contribution in [0.3, 0.4) is 0 Å². The number of nitrogens with zero attached hydrogens (tertiary/aromatic N) is 3. The fraction of sp³-hybridized carbons (Fsp3) is 0.250. The molecule has 0 aliphatic heterocycles. The van der Waals surface area contributed by atoms with E-state index in [0.29, 0.717) is 29.3 Å². The minimum Gasteiger partial charge on any atom is -0.497 e. The van der Waals surface area contributed by atoms with E-state index in [4.69, 9.17) is 9.15 Å². The smallest absolute Gasteiger partial charge is 0.287 e. The molecule has 3 aromatic heterocycles. The van der Waals surface area contributed by atoms with Crippen LogP contribution in [0.1, 0.15) is 41.2 Å². The first kappa shape index (κ1) is 17.1. The Morgan fingerprint density at radius 2 is 2.26 bits per heavy atom. The molecule has 27 heavy (non-hydrogen) atoms. The summed E-state index contributed by atoms with van der Waals surface area (Å²) >= 11 is 0. The molecule has 138 valence electrons. The van der Waals surface area contributed by atoms with Gasteiger partial charge in [-0.2, -0.15) is 0 Å². The van der Waals surface area contributed by atoms with Crippen LogP contribution in [-0.2, 0) is 0 Å². The van der Waals surface area contributed by atoms with Crippen molar-refractivity contribution in [2.24, 2.45) is 0 Å². The van der Waals surface area contributed by atoms with Crippen LogP contribution in [0.25, 0.3) is 16.7 Å². The number of carbonyl (C=O) groups is 1. The van der Waals surface area contributed by atoms with Gasteiger partial charge in [0.25, 0.3) is 5.91 Å². The third kappa shape index (κ3) is 3.01. The second kappa shape index (κ2) is 6.75. The van der Waals surface area contributed by atoms with Crippen molar-refractivity contribution < 1.29 is 13.9 Å². The molecular weight excluding hydrogens is 344 g/mol. The molecule has 4 aromatic rings. The molecule has 0 fully saturated rings. The quantitative estimate of drug-likeness (QED) is 0.584. The minimum atomic E-state index is -0.264. The number of aromatic nitrogens is 3. The summed E-state index contributed by atoms with van der Waals surface area (Å²) in [7, 11) is 1.60. The molecule has 3 heterocycles. The van der Waals surface area contributed by atoms with Crippen molar-refractivity contribution in [2.75, 3.05) is 7.11 Å². The van der Waals surface area contributed by atoms with Gasteiger partial charge in [0.15, 0.2) is 5.76 Å². The van der Waals surface area contributed by atoms with Crippen LogP contribution < -0.4 is 10.1 Å². The molecule has 1 aromatic carbocycles. The van der Waals surface area contributed by atoms with Crippen molar-refractivity contribution in [3.63, 3.8) is 0 Å². The number of ether oxygens (including phenoxy) is 1. The first-order chi connectivity index (χ1) is 13.1. The number of rotatable bonds is 5. The molecule has 1 atom stereocenters. The maximum Gasteiger partial charge on any atom is 0.287 e. The molecule has 1 amide bonds. The number of carbonyl (C=O) groups excluding carboxylic acids is 1. The van der Waals surface area contributed by atoms with Gasteiger partial charge in [-0.3, -0.25) is 9.20 Å². The van der Waals surface area contributed by atoms with E-state index < -0.39 is 0 Å². The lowest BCUT2D eigenvalue weighted by atomic mass is 10.1. The highest BCUT2D eigenvalue weighted by Gasteiger charge is 2.22. The second-order valence-corrected chi connectivity index (χ2v) is 6.35. The molecule has 0 saturated carbocycles. The largest absolute Gasteiger partial charge is 0.497 e. The van der Waals surface area contributed by atoms with E-state index in [0.717, 1.165) is 16.6 Å². The number of amides is 1. The number of imidazole rings is 1. The highest BCUT2D eigenvalue weighted by Crippen LogP contribution is 2.29. The van der Waals surface area contributed by atoms with E-state index in [1.54, 1.807) is 19.4 Å². The van der Waals surface area contributed by atoms with Crippen LogP contribution in [0.5, 0.6) is 5.75 Å². The van der Waals surface area contributed by atoms with Gasteiger partial charge in [-0.05, 0) is 31.5 Å². The summed E-state index contributed by atoms with van der Waals surface area (Å²) in [6.07, 6.45) is 6.15. The molecule has 0 bridgehead atoms. The molecule has 0 aliphatic carbocycles. The zero-order valence-corrected chi connectivity index (χ0v) is 15.4. The van der Waals surface area contributed by atoms with E-state index in [-0.39, 0.29) is 11.9 Å². The highest BCUT2D eigenvalue weighted by molar-refractivity contribution is 5.99. The highest BCUT2D eigenvalue weighted by atomic mass is 16.5. The van der Waals surface area contributed by atoms with Gasteiger partial charge in [-0.15, -0.1) is 0 Å². The summed E-state index contributed by atoms with van der Waals surface area (Å²) in [5.74, 6) is 1.33. The maximum absolute atomic E-state index is 12.9. The van der Waals surface area contributed by atoms with E-state index in [2.05, 4.69) is 15.3 Å². The lowest BCUT2D eigenvalue weighted by Gasteiger charge is -2.13. The summed E-state index contributed by atoms with van der Waals surface area (Å²) in [5.41, 5.74) is 2.19.